The van der Waals surface area contributed by atoms with Crippen molar-refractivity contribution in [2.45, 2.75) is 34.1 Å². The van der Waals surface area contributed by atoms with Gasteiger partial charge in [0.1, 0.15) is 5.82 Å². The fourth-order valence-corrected chi connectivity index (χ4v) is 3.15. The molecule has 1 heterocycles. The summed E-state index contributed by atoms with van der Waals surface area (Å²) in [5, 5.41) is 8.01. The van der Waals surface area contributed by atoms with E-state index in [1.807, 2.05) is 45.9 Å². The summed E-state index contributed by atoms with van der Waals surface area (Å²) in [6.07, 6.45) is 0.160. The van der Waals surface area contributed by atoms with Crippen LogP contribution in [-0.4, -0.2) is 15.7 Å². The monoisotopic (exact) mass is 385 g/mol. The third-order valence-electron chi connectivity index (χ3n) is 4.65. The van der Waals surface area contributed by atoms with Crippen LogP contribution in [0.15, 0.2) is 36.4 Å². The largest absolute Gasteiger partial charge is 0.325 e. The van der Waals surface area contributed by atoms with Gasteiger partial charge >= 0.3 is 0 Å². The summed E-state index contributed by atoms with van der Waals surface area (Å²) in [4.78, 5) is 12.5. The van der Waals surface area contributed by atoms with Crippen molar-refractivity contribution in [2.75, 3.05) is 5.32 Å². The summed E-state index contributed by atoms with van der Waals surface area (Å²) in [6.45, 7) is 7.56. The molecule has 0 atom stereocenters. The van der Waals surface area contributed by atoms with E-state index in [0.29, 0.717) is 10.7 Å². The van der Waals surface area contributed by atoms with E-state index < -0.39 is 0 Å². The van der Waals surface area contributed by atoms with Crippen LogP contribution in [0.4, 0.5) is 10.1 Å². The Morgan fingerprint density at radius 3 is 2.52 bits per heavy atom. The third-order valence-corrected chi connectivity index (χ3v) is 5.06. The first-order valence-electron chi connectivity index (χ1n) is 8.64. The highest BCUT2D eigenvalue weighted by molar-refractivity contribution is 6.31. The number of halogens is 2. The predicted octanol–water partition coefficient (Wildman–Crippen LogP) is 5.08. The van der Waals surface area contributed by atoms with E-state index in [4.69, 9.17) is 11.6 Å². The molecule has 140 valence electrons. The number of hydrogen-bond donors (Lipinski definition) is 1. The summed E-state index contributed by atoms with van der Waals surface area (Å²) >= 11 is 6.23. The fourth-order valence-electron chi connectivity index (χ4n) is 2.98. The molecule has 3 aromatic rings. The van der Waals surface area contributed by atoms with E-state index >= 15 is 0 Å². The van der Waals surface area contributed by atoms with Crippen LogP contribution < -0.4 is 5.32 Å². The van der Waals surface area contributed by atoms with E-state index in [2.05, 4.69) is 10.4 Å². The lowest BCUT2D eigenvalue weighted by Crippen LogP contribution is -2.16. The van der Waals surface area contributed by atoms with Gasteiger partial charge in [0, 0.05) is 22.0 Å². The zero-order valence-electron chi connectivity index (χ0n) is 15.7. The van der Waals surface area contributed by atoms with E-state index in [9.17, 15) is 9.18 Å². The van der Waals surface area contributed by atoms with Crippen LogP contribution in [0.3, 0.4) is 0 Å². The minimum Gasteiger partial charge on any atom is -0.325 e. The van der Waals surface area contributed by atoms with Gasteiger partial charge in [0.2, 0.25) is 5.91 Å². The first-order chi connectivity index (χ1) is 12.8. The topological polar surface area (TPSA) is 46.9 Å². The first kappa shape index (κ1) is 19.1. The van der Waals surface area contributed by atoms with Gasteiger partial charge < -0.3 is 5.32 Å². The predicted molar refractivity (Wildman–Crippen MR) is 106 cm³/mol. The van der Waals surface area contributed by atoms with Gasteiger partial charge in [0.05, 0.1) is 17.8 Å². The molecule has 0 aliphatic carbocycles. The number of anilines is 1. The SMILES string of the molecule is Cc1ccc(-n2nc(C)c(CC(=O)Nc3cc(F)ccc3C)c2C)cc1Cl. The molecule has 6 heteroatoms. The molecule has 0 fully saturated rings. The Hall–Kier alpha value is -2.66. The second-order valence-corrected chi connectivity index (χ2v) is 7.09. The number of carbonyl (C=O) groups excluding carboxylic acids is 1. The van der Waals surface area contributed by atoms with Crippen molar-refractivity contribution in [2.24, 2.45) is 0 Å². The molecule has 1 aromatic heterocycles. The Kier molecular flexibility index (Phi) is 5.33. The second kappa shape index (κ2) is 7.53. The molecule has 4 nitrogen and oxygen atoms in total. The lowest BCUT2D eigenvalue weighted by atomic mass is 10.1. The number of aryl methyl sites for hydroxylation is 3. The Morgan fingerprint density at radius 1 is 1.11 bits per heavy atom. The van der Waals surface area contributed by atoms with Crippen LogP contribution in [0.5, 0.6) is 0 Å². The lowest BCUT2D eigenvalue weighted by Gasteiger charge is -2.09. The molecule has 0 spiro atoms. The van der Waals surface area contributed by atoms with Crippen molar-refractivity contribution in [1.29, 1.82) is 0 Å². The van der Waals surface area contributed by atoms with E-state index in [-0.39, 0.29) is 18.1 Å². The molecule has 0 aliphatic rings. The first-order valence-corrected chi connectivity index (χ1v) is 9.01. The summed E-state index contributed by atoms with van der Waals surface area (Å²) < 4.78 is 15.2. The number of hydrogen-bond acceptors (Lipinski definition) is 2. The quantitative estimate of drug-likeness (QED) is 0.680. The van der Waals surface area contributed by atoms with Gasteiger partial charge in [-0.15, -0.1) is 0 Å². The fraction of sp³-hybridized carbons (Fsp3) is 0.238. The Labute approximate surface area is 163 Å². The van der Waals surface area contributed by atoms with E-state index in [0.717, 1.165) is 33.8 Å². The lowest BCUT2D eigenvalue weighted by molar-refractivity contribution is -0.115. The van der Waals surface area contributed by atoms with Gasteiger partial charge in [-0.1, -0.05) is 23.7 Å². The van der Waals surface area contributed by atoms with Crippen molar-refractivity contribution in [3.05, 3.63) is 75.3 Å². The van der Waals surface area contributed by atoms with Crippen LogP contribution in [0.25, 0.3) is 5.69 Å². The molecule has 27 heavy (non-hydrogen) atoms. The van der Waals surface area contributed by atoms with Crippen LogP contribution >= 0.6 is 11.6 Å². The number of nitrogens with zero attached hydrogens (tertiary/aromatic N) is 2. The smallest absolute Gasteiger partial charge is 0.228 e. The maximum absolute atomic E-state index is 13.4. The van der Waals surface area contributed by atoms with Gasteiger partial charge in [0.25, 0.3) is 0 Å². The third kappa shape index (κ3) is 4.03. The molecule has 0 radical (unpaired) electrons. The van der Waals surface area contributed by atoms with Gasteiger partial charge in [-0.05, 0) is 63.1 Å². The van der Waals surface area contributed by atoms with Crippen molar-refractivity contribution in [3.8, 4) is 5.69 Å². The Morgan fingerprint density at radius 2 is 1.81 bits per heavy atom. The average Bonchev–Trinajstić information content (AvgIpc) is 2.89. The summed E-state index contributed by atoms with van der Waals surface area (Å²) in [5.74, 6) is -0.594. The van der Waals surface area contributed by atoms with Crippen molar-refractivity contribution < 1.29 is 9.18 Å². The average molecular weight is 386 g/mol. The summed E-state index contributed by atoms with van der Waals surface area (Å²) in [5.41, 5.74) is 5.62. The Balaban J connectivity index is 1.85. The van der Waals surface area contributed by atoms with Crippen molar-refractivity contribution in [1.82, 2.24) is 9.78 Å². The maximum Gasteiger partial charge on any atom is 0.228 e. The van der Waals surface area contributed by atoms with Crippen molar-refractivity contribution in [3.63, 3.8) is 0 Å². The minimum atomic E-state index is -0.382. The highest BCUT2D eigenvalue weighted by Crippen LogP contribution is 2.23. The van der Waals surface area contributed by atoms with Crippen LogP contribution in [0, 0.1) is 33.5 Å². The molecule has 3 rings (SSSR count). The zero-order valence-corrected chi connectivity index (χ0v) is 16.5. The molecule has 1 amide bonds. The summed E-state index contributed by atoms with van der Waals surface area (Å²) in [6, 6.07) is 10.1. The van der Waals surface area contributed by atoms with Gasteiger partial charge in [-0.25, -0.2) is 9.07 Å². The highest BCUT2D eigenvalue weighted by Gasteiger charge is 2.17. The van der Waals surface area contributed by atoms with E-state index in [1.165, 1.54) is 12.1 Å². The molecular weight excluding hydrogens is 365 g/mol. The summed E-state index contributed by atoms with van der Waals surface area (Å²) in [7, 11) is 0. The van der Waals surface area contributed by atoms with Crippen molar-refractivity contribution >= 4 is 23.2 Å². The molecule has 2 aromatic carbocycles. The normalized spacial score (nSPS) is 10.9. The standard InChI is InChI=1S/C21H21ClFN3O/c1-12-6-8-17(10-19(12)22)26-15(4)18(14(3)25-26)11-21(27)24-20-9-16(23)7-5-13(20)2/h5-10H,11H2,1-4H3,(H,24,27). The maximum atomic E-state index is 13.4. The number of carbonyl (C=O) groups is 1. The van der Waals surface area contributed by atoms with Gasteiger partial charge in [0.15, 0.2) is 0 Å². The van der Waals surface area contributed by atoms with E-state index in [1.54, 1.807) is 10.7 Å². The molecule has 0 saturated carbocycles. The molecular formula is C21H21ClFN3O. The van der Waals surface area contributed by atoms with Crippen LogP contribution in [0.1, 0.15) is 28.1 Å². The minimum absolute atomic E-state index is 0.160. The second-order valence-electron chi connectivity index (χ2n) is 6.68. The Bertz CT molecular complexity index is 1030. The number of amides is 1. The highest BCUT2D eigenvalue weighted by atomic mass is 35.5. The zero-order chi connectivity index (χ0) is 19.7. The number of benzene rings is 2. The molecule has 0 unspecified atom stereocenters. The molecule has 0 aliphatic heterocycles. The van der Waals surface area contributed by atoms with Gasteiger partial charge in [-0.3, -0.25) is 4.79 Å². The molecule has 1 N–H and O–H groups in total. The van der Waals surface area contributed by atoms with Crippen LogP contribution in [-0.2, 0) is 11.2 Å². The molecule has 0 saturated heterocycles. The number of rotatable bonds is 4. The van der Waals surface area contributed by atoms with Gasteiger partial charge in [-0.2, -0.15) is 5.10 Å². The molecule has 0 bridgehead atoms. The number of aromatic nitrogens is 2. The number of nitrogens with one attached hydrogen (secondary N) is 1. The van der Waals surface area contributed by atoms with Crippen LogP contribution in [0.2, 0.25) is 5.02 Å².